The molecule has 1 aromatic carbocycles. The number of para-hydroxylation sites is 1. The first-order valence-electron chi connectivity index (χ1n) is 16.2. The zero-order chi connectivity index (χ0) is 33.2. The lowest BCUT2D eigenvalue weighted by atomic mass is 10.0. The fourth-order valence-electron chi connectivity index (χ4n) is 4.28. The van der Waals surface area contributed by atoms with Gasteiger partial charge in [-0.1, -0.05) is 82.8 Å². The van der Waals surface area contributed by atoms with E-state index in [9.17, 15) is 9.90 Å². The lowest BCUT2D eigenvalue weighted by Gasteiger charge is -2.17. The molecule has 2 aromatic rings. The summed E-state index contributed by atoms with van der Waals surface area (Å²) in [5.74, 6) is 0.651. The lowest BCUT2D eigenvalue weighted by Crippen LogP contribution is -2.24. The van der Waals surface area contributed by atoms with Gasteiger partial charge in [-0.25, -0.2) is 4.99 Å². The molecule has 0 bridgehead atoms. The SMILES string of the molecule is C=Cc1c(CCCCCCN(CCC)SC)cn(CC(=O)O)c1/N=C/N(CC)CCO.CC(C)Oc1ccccc1.CCC. The zero-order valence-corrected chi connectivity index (χ0v) is 29.3. The quantitative estimate of drug-likeness (QED) is 0.0659. The fraction of sp³-hybridized carbons (Fsp3) is 0.600. The third-order valence-corrected chi connectivity index (χ3v) is 7.15. The van der Waals surface area contributed by atoms with Crippen molar-refractivity contribution >= 4 is 36.1 Å². The van der Waals surface area contributed by atoms with Gasteiger partial charge in [0.2, 0.25) is 0 Å². The van der Waals surface area contributed by atoms with Gasteiger partial charge in [-0.15, -0.1) is 0 Å². The van der Waals surface area contributed by atoms with E-state index in [1.54, 1.807) is 17.0 Å². The van der Waals surface area contributed by atoms with E-state index >= 15 is 0 Å². The highest BCUT2D eigenvalue weighted by molar-refractivity contribution is 7.96. The van der Waals surface area contributed by atoms with Gasteiger partial charge in [0.15, 0.2) is 0 Å². The van der Waals surface area contributed by atoms with Gasteiger partial charge in [0, 0.05) is 37.9 Å². The van der Waals surface area contributed by atoms with Crippen molar-refractivity contribution in [2.24, 2.45) is 4.99 Å². The highest BCUT2D eigenvalue weighted by Gasteiger charge is 2.15. The number of aliphatic carboxylic acids is 1. The van der Waals surface area contributed by atoms with Gasteiger partial charge in [-0.2, -0.15) is 0 Å². The monoisotopic (exact) mass is 632 g/mol. The van der Waals surface area contributed by atoms with Crippen molar-refractivity contribution in [3.05, 3.63) is 54.2 Å². The number of aliphatic imine (C=N–C) groups is 1. The van der Waals surface area contributed by atoms with Crippen LogP contribution in [0.3, 0.4) is 0 Å². The number of aryl methyl sites for hydroxylation is 1. The number of carbonyl (C=O) groups is 1. The molecule has 0 aliphatic carbocycles. The average Bonchev–Trinajstić information content (AvgIpc) is 3.32. The number of rotatable bonds is 20. The maximum Gasteiger partial charge on any atom is 0.323 e. The molecule has 2 rings (SSSR count). The van der Waals surface area contributed by atoms with E-state index in [0.717, 1.165) is 49.2 Å². The van der Waals surface area contributed by atoms with Gasteiger partial charge in [0.25, 0.3) is 0 Å². The predicted molar refractivity (Wildman–Crippen MR) is 190 cm³/mol. The van der Waals surface area contributed by atoms with E-state index in [2.05, 4.69) is 42.9 Å². The third-order valence-electron chi connectivity index (χ3n) is 6.27. The molecular weight excluding hydrogens is 572 g/mol. The van der Waals surface area contributed by atoms with E-state index in [1.165, 1.54) is 25.7 Å². The summed E-state index contributed by atoms with van der Waals surface area (Å²) in [5, 5.41) is 18.5. The Balaban J connectivity index is 0.00000117. The highest BCUT2D eigenvalue weighted by Crippen LogP contribution is 2.28. The maximum absolute atomic E-state index is 11.3. The first-order chi connectivity index (χ1) is 21.2. The van der Waals surface area contributed by atoms with Gasteiger partial charge >= 0.3 is 5.97 Å². The second-order valence-electron chi connectivity index (χ2n) is 10.7. The number of aliphatic hydroxyl groups excluding tert-OH is 1. The van der Waals surface area contributed by atoms with Crippen molar-refractivity contribution in [1.29, 1.82) is 0 Å². The fourth-order valence-corrected chi connectivity index (χ4v) is 4.96. The van der Waals surface area contributed by atoms with Crippen LogP contribution >= 0.6 is 11.9 Å². The van der Waals surface area contributed by atoms with Crippen LogP contribution in [0.5, 0.6) is 5.75 Å². The summed E-state index contributed by atoms with van der Waals surface area (Å²) in [6.07, 6.45) is 15.6. The molecule has 8 nitrogen and oxygen atoms in total. The van der Waals surface area contributed by atoms with E-state index in [-0.39, 0.29) is 19.3 Å². The van der Waals surface area contributed by atoms with Crippen LogP contribution in [0.25, 0.3) is 6.08 Å². The van der Waals surface area contributed by atoms with Gasteiger partial charge in [-0.3, -0.25) is 9.10 Å². The van der Waals surface area contributed by atoms with Crippen molar-refractivity contribution < 1.29 is 19.7 Å². The van der Waals surface area contributed by atoms with Crippen LogP contribution in [0.15, 0.2) is 48.1 Å². The van der Waals surface area contributed by atoms with Gasteiger partial charge in [0.05, 0.1) is 19.0 Å². The summed E-state index contributed by atoms with van der Waals surface area (Å²) in [6, 6.07) is 9.84. The van der Waals surface area contributed by atoms with Crippen molar-refractivity contribution in [2.75, 3.05) is 39.0 Å². The Hall–Kier alpha value is -2.75. The number of hydrogen-bond donors (Lipinski definition) is 2. The van der Waals surface area contributed by atoms with E-state index in [1.807, 2.05) is 74.1 Å². The molecule has 0 fully saturated rings. The molecule has 0 spiro atoms. The number of aliphatic hydroxyl groups is 1. The molecule has 0 aliphatic rings. The Morgan fingerprint density at radius 3 is 2.25 bits per heavy atom. The molecule has 2 N–H and O–H groups in total. The maximum atomic E-state index is 11.3. The standard InChI is InChI=1S/C23H40N4O3S.C9H12O.C3H8/c1-5-13-27(31-4)14-11-9-8-10-12-20-17-26(18-22(29)30)23(21(20)6-2)24-19-25(7-3)15-16-28;1-8(2)10-9-6-4-3-5-7-9;1-3-2/h6,17,19,28H,2,5,7-16,18H2,1,3-4H3,(H,29,30);3-8H,1-2H3;3H2,1-2H3/b24-19+;;. The Bertz CT molecular complexity index is 1030. The number of benzene rings is 1. The van der Waals surface area contributed by atoms with E-state index in [4.69, 9.17) is 9.84 Å². The number of carboxylic acids is 1. The van der Waals surface area contributed by atoms with Crippen molar-refractivity contribution in [1.82, 2.24) is 13.8 Å². The second-order valence-corrected chi connectivity index (χ2v) is 11.6. The van der Waals surface area contributed by atoms with Crippen molar-refractivity contribution in [3.63, 3.8) is 0 Å². The molecule has 9 heteroatoms. The first kappa shape index (κ1) is 41.2. The number of hydrogen-bond acceptors (Lipinski definition) is 6. The number of aromatic nitrogens is 1. The number of likely N-dealkylation sites (N-methyl/N-ethyl adjacent to an activating group) is 1. The molecule has 0 amide bonds. The Kier molecular flexibility index (Phi) is 25.0. The van der Waals surface area contributed by atoms with Crippen LogP contribution in [0.2, 0.25) is 0 Å². The molecule has 250 valence electrons. The molecule has 0 unspecified atom stereocenters. The number of unbranched alkanes of at least 4 members (excludes halogenated alkanes) is 3. The molecule has 44 heavy (non-hydrogen) atoms. The van der Waals surface area contributed by atoms with E-state index < -0.39 is 5.97 Å². The highest BCUT2D eigenvalue weighted by atomic mass is 32.2. The van der Waals surface area contributed by atoms with Crippen molar-refractivity contribution in [2.45, 2.75) is 99.1 Å². The van der Waals surface area contributed by atoms with Crippen LogP contribution in [-0.2, 0) is 17.8 Å². The Labute approximate surface area is 272 Å². The summed E-state index contributed by atoms with van der Waals surface area (Å²) in [7, 11) is 0. The second kappa shape index (κ2) is 26.6. The van der Waals surface area contributed by atoms with Gasteiger partial charge in [-0.05, 0) is 70.4 Å². The summed E-state index contributed by atoms with van der Waals surface area (Å²) in [5.41, 5.74) is 1.99. The van der Waals surface area contributed by atoms with Gasteiger partial charge in [0.1, 0.15) is 18.1 Å². The summed E-state index contributed by atoms with van der Waals surface area (Å²) in [6.45, 7) is 19.8. The van der Waals surface area contributed by atoms with Crippen LogP contribution in [-0.4, -0.2) is 81.4 Å². The lowest BCUT2D eigenvalue weighted by molar-refractivity contribution is -0.137. The van der Waals surface area contributed by atoms with Crippen molar-refractivity contribution in [3.8, 4) is 5.75 Å². The van der Waals surface area contributed by atoms with Crippen LogP contribution in [0, 0.1) is 0 Å². The molecule has 0 saturated carbocycles. The third kappa shape index (κ3) is 18.8. The topological polar surface area (TPSA) is 90.5 Å². The molecule has 1 aromatic heterocycles. The first-order valence-corrected chi connectivity index (χ1v) is 17.3. The number of carboxylic acid groups (broad SMARTS) is 1. The molecule has 0 aliphatic heterocycles. The van der Waals surface area contributed by atoms with Crippen LogP contribution in [0.4, 0.5) is 5.82 Å². The van der Waals surface area contributed by atoms with Gasteiger partial charge < -0.3 is 24.4 Å². The minimum absolute atomic E-state index is 0.0444. The Morgan fingerprint density at radius 1 is 1.07 bits per heavy atom. The van der Waals surface area contributed by atoms with Crippen LogP contribution in [0.1, 0.15) is 91.2 Å². The van der Waals surface area contributed by atoms with E-state index in [0.29, 0.717) is 18.9 Å². The molecule has 1 heterocycles. The molecule has 0 saturated heterocycles. The minimum atomic E-state index is -0.901. The largest absolute Gasteiger partial charge is 0.491 e. The normalized spacial score (nSPS) is 10.8. The molecular formula is C35H60N4O4S. The average molecular weight is 633 g/mol. The zero-order valence-electron chi connectivity index (χ0n) is 28.5. The smallest absolute Gasteiger partial charge is 0.323 e. The number of nitrogens with zero attached hydrogens (tertiary/aromatic N) is 4. The summed E-state index contributed by atoms with van der Waals surface area (Å²) >= 11 is 1.82. The number of ether oxygens (including phenoxy) is 1. The van der Waals surface area contributed by atoms with Crippen LogP contribution < -0.4 is 4.74 Å². The summed E-state index contributed by atoms with van der Waals surface area (Å²) < 4.78 is 9.51. The Morgan fingerprint density at radius 2 is 1.73 bits per heavy atom. The minimum Gasteiger partial charge on any atom is -0.491 e. The summed E-state index contributed by atoms with van der Waals surface area (Å²) in [4.78, 5) is 17.8. The predicted octanol–water partition coefficient (Wildman–Crippen LogP) is 8.17. The molecule has 0 atom stereocenters. The molecule has 0 radical (unpaired) electrons.